The van der Waals surface area contributed by atoms with Crippen LogP contribution in [-0.2, 0) is 14.3 Å². The summed E-state index contributed by atoms with van der Waals surface area (Å²) < 4.78 is 17.6. The second-order valence-electron chi connectivity index (χ2n) is 7.74. The van der Waals surface area contributed by atoms with E-state index in [4.69, 9.17) is 14.2 Å². The Morgan fingerprint density at radius 2 is 1.74 bits per heavy atom. The van der Waals surface area contributed by atoms with Crippen LogP contribution in [-0.4, -0.2) is 30.2 Å². The third-order valence-electron chi connectivity index (χ3n) is 5.39. The quantitative estimate of drug-likeness (QED) is 0.388. The van der Waals surface area contributed by atoms with Crippen LogP contribution >= 0.6 is 11.3 Å². The fourth-order valence-corrected chi connectivity index (χ4v) is 4.89. The first-order valence-corrected chi connectivity index (χ1v) is 11.8. The maximum Gasteiger partial charge on any atom is 0.338 e. The Labute approximate surface area is 205 Å². The zero-order chi connectivity index (χ0) is 25.1. The molecule has 4 rings (SSSR count). The zero-order valence-electron chi connectivity index (χ0n) is 19.7. The molecular formula is C26H24N2O6S. The summed E-state index contributed by atoms with van der Waals surface area (Å²) >= 11 is 1.24. The van der Waals surface area contributed by atoms with E-state index in [1.165, 1.54) is 22.8 Å². The Morgan fingerprint density at radius 3 is 2.34 bits per heavy atom. The Balaban J connectivity index is 1.85. The lowest BCUT2D eigenvalue weighted by Gasteiger charge is -2.24. The summed E-state index contributed by atoms with van der Waals surface area (Å²) in [4.78, 5) is 42.7. The van der Waals surface area contributed by atoms with E-state index in [0.29, 0.717) is 32.1 Å². The molecule has 1 aliphatic heterocycles. The molecule has 35 heavy (non-hydrogen) atoms. The van der Waals surface area contributed by atoms with Crippen molar-refractivity contribution in [1.29, 1.82) is 0 Å². The summed E-state index contributed by atoms with van der Waals surface area (Å²) in [5.41, 5.74) is 2.05. The number of nitrogens with zero attached hydrogens (tertiary/aromatic N) is 2. The van der Waals surface area contributed by atoms with Gasteiger partial charge in [0.1, 0.15) is 11.5 Å². The van der Waals surface area contributed by atoms with Crippen molar-refractivity contribution < 1.29 is 23.8 Å². The molecule has 0 amide bonds. The molecule has 0 saturated carbocycles. The van der Waals surface area contributed by atoms with Crippen molar-refractivity contribution in [2.45, 2.75) is 26.8 Å². The van der Waals surface area contributed by atoms with Gasteiger partial charge < -0.3 is 14.2 Å². The van der Waals surface area contributed by atoms with Crippen molar-refractivity contribution in [3.05, 3.63) is 90.6 Å². The lowest BCUT2D eigenvalue weighted by atomic mass is 9.96. The minimum absolute atomic E-state index is 0.207. The van der Waals surface area contributed by atoms with E-state index in [1.807, 2.05) is 12.1 Å². The Kier molecular flexibility index (Phi) is 6.97. The van der Waals surface area contributed by atoms with Crippen molar-refractivity contribution >= 4 is 29.4 Å². The van der Waals surface area contributed by atoms with E-state index in [1.54, 1.807) is 63.4 Å². The third kappa shape index (κ3) is 4.95. The maximum atomic E-state index is 13.6. The summed E-state index contributed by atoms with van der Waals surface area (Å²) in [5, 5.41) is 0. The second kappa shape index (κ2) is 10.1. The molecule has 0 unspecified atom stereocenters. The molecule has 3 aromatic rings. The first-order chi connectivity index (χ1) is 16.8. The monoisotopic (exact) mass is 492 g/mol. The summed E-state index contributed by atoms with van der Waals surface area (Å²) in [5.74, 6) is 0.171. The van der Waals surface area contributed by atoms with E-state index < -0.39 is 18.0 Å². The zero-order valence-corrected chi connectivity index (χ0v) is 20.5. The average Bonchev–Trinajstić information content (AvgIpc) is 3.13. The molecule has 0 N–H and O–H groups in total. The minimum atomic E-state index is -0.690. The molecule has 1 aromatic heterocycles. The molecule has 2 aromatic carbocycles. The van der Waals surface area contributed by atoms with Gasteiger partial charge in [-0.05, 0) is 55.3 Å². The van der Waals surface area contributed by atoms with Gasteiger partial charge in [0.05, 0.1) is 35.6 Å². The molecule has 0 radical (unpaired) electrons. The van der Waals surface area contributed by atoms with E-state index in [2.05, 4.69) is 4.99 Å². The van der Waals surface area contributed by atoms with Crippen molar-refractivity contribution in [3.8, 4) is 11.5 Å². The van der Waals surface area contributed by atoms with Gasteiger partial charge in [-0.3, -0.25) is 14.2 Å². The van der Waals surface area contributed by atoms with Gasteiger partial charge in [-0.15, -0.1) is 0 Å². The molecule has 0 fully saturated rings. The summed E-state index contributed by atoms with van der Waals surface area (Å²) in [6.45, 7) is 5.02. The molecule has 0 spiro atoms. The predicted molar refractivity (Wildman–Crippen MR) is 131 cm³/mol. The van der Waals surface area contributed by atoms with Gasteiger partial charge in [0, 0.05) is 6.92 Å². The lowest BCUT2D eigenvalue weighted by molar-refractivity contribution is -0.139. The highest BCUT2D eigenvalue weighted by molar-refractivity contribution is 7.07. The van der Waals surface area contributed by atoms with Gasteiger partial charge in [-0.2, -0.15) is 0 Å². The Hall–Kier alpha value is -3.98. The van der Waals surface area contributed by atoms with Crippen molar-refractivity contribution in [2.24, 2.45) is 4.99 Å². The Morgan fingerprint density at radius 1 is 1.09 bits per heavy atom. The highest BCUT2D eigenvalue weighted by atomic mass is 32.1. The lowest BCUT2D eigenvalue weighted by Crippen LogP contribution is -2.39. The van der Waals surface area contributed by atoms with Crippen molar-refractivity contribution in [3.63, 3.8) is 0 Å². The van der Waals surface area contributed by atoms with Crippen molar-refractivity contribution in [2.75, 3.05) is 13.7 Å². The van der Waals surface area contributed by atoms with Crippen LogP contribution in [0.1, 0.15) is 37.9 Å². The van der Waals surface area contributed by atoms with E-state index in [0.717, 1.165) is 11.1 Å². The number of hydrogen-bond acceptors (Lipinski definition) is 8. The maximum absolute atomic E-state index is 13.6. The van der Waals surface area contributed by atoms with Crippen LogP contribution in [0.5, 0.6) is 11.5 Å². The van der Waals surface area contributed by atoms with Crippen LogP contribution < -0.4 is 24.4 Å². The van der Waals surface area contributed by atoms with Gasteiger partial charge in [-0.1, -0.05) is 35.6 Å². The molecule has 8 nitrogen and oxygen atoms in total. The van der Waals surface area contributed by atoms with Crippen molar-refractivity contribution in [1.82, 2.24) is 4.57 Å². The third-order valence-corrected chi connectivity index (χ3v) is 6.37. The molecule has 0 aliphatic carbocycles. The fourth-order valence-electron chi connectivity index (χ4n) is 3.84. The van der Waals surface area contributed by atoms with Gasteiger partial charge in [-0.25, -0.2) is 9.79 Å². The van der Waals surface area contributed by atoms with Gasteiger partial charge in [0.15, 0.2) is 4.80 Å². The minimum Gasteiger partial charge on any atom is -0.497 e. The normalized spacial score (nSPS) is 15.3. The fraction of sp³-hybridized carbons (Fsp3) is 0.231. The second-order valence-corrected chi connectivity index (χ2v) is 8.75. The molecule has 1 aliphatic rings. The molecule has 2 heterocycles. The number of carbonyl (C=O) groups excluding carboxylic acids is 2. The highest BCUT2D eigenvalue weighted by Crippen LogP contribution is 2.31. The number of benzene rings is 2. The molecule has 0 bridgehead atoms. The van der Waals surface area contributed by atoms with Gasteiger partial charge in [0.25, 0.3) is 5.56 Å². The molecule has 180 valence electrons. The number of esters is 2. The SMILES string of the molecule is CCOC(=O)C1=C(C)N=c2sc(=Cc3ccc(OC(C)=O)cc3)c(=O)n2[C@H]1c1ccc(OC)cc1. The van der Waals surface area contributed by atoms with E-state index >= 15 is 0 Å². The standard InChI is InChI=1S/C26H24N2O6S/c1-5-33-25(31)22-15(2)27-26-28(23(22)18-8-12-19(32-4)13-9-18)24(30)21(35-26)14-17-6-10-20(11-7-17)34-16(3)29/h6-14,23H,5H2,1-4H3/t23-/m0/s1. The van der Waals surface area contributed by atoms with Crippen LogP contribution in [0.4, 0.5) is 0 Å². The smallest absolute Gasteiger partial charge is 0.338 e. The average molecular weight is 493 g/mol. The number of carbonyl (C=O) groups is 2. The summed E-state index contributed by atoms with van der Waals surface area (Å²) in [6, 6.07) is 13.4. The number of allylic oxidation sites excluding steroid dienone is 1. The van der Waals surface area contributed by atoms with Crippen LogP contribution in [0.25, 0.3) is 6.08 Å². The Bertz CT molecular complexity index is 1480. The molecule has 0 saturated heterocycles. The number of fused-ring (bicyclic) bond motifs is 1. The number of ether oxygens (including phenoxy) is 3. The van der Waals surface area contributed by atoms with E-state index in [9.17, 15) is 14.4 Å². The first-order valence-electron chi connectivity index (χ1n) is 10.9. The number of hydrogen-bond donors (Lipinski definition) is 0. The molecule has 1 atom stereocenters. The number of thiazole rings is 1. The van der Waals surface area contributed by atoms with Gasteiger partial charge in [0.2, 0.25) is 0 Å². The topological polar surface area (TPSA) is 96.2 Å². The van der Waals surface area contributed by atoms with Crippen LogP contribution in [0, 0.1) is 0 Å². The summed E-state index contributed by atoms with van der Waals surface area (Å²) in [7, 11) is 1.57. The molecular weight excluding hydrogens is 468 g/mol. The largest absolute Gasteiger partial charge is 0.497 e. The van der Waals surface area contributed by atoms with E-state index in [-0.39, 0.29) is 12.2 Å². The van der Waals surface area contributed by atoms with Crippen LogP contribution in [0.15, 0.2) is 69.6 Å². The highest BCUT2D eigenvalue weighted by Gasteiger charge is 2.33. The number of rotatable bonds is 6. The number of aromatic nitrogens is 1. The summed E-state index contributed by atoms with van der Waals surface area (Å²) in [6.07, 6.45) is 1.75. The number of methoxy groups -OCH3 is 1. The van der Waals surface area contributed by atoms with Gasteiger partial charge >= 0.3 is 11.9 Å². The van der Waals surface area contributed by atoms with Crippen LogP contribution in [0.3, 0.4) is 0 Å². The first kappa shape index (κ1) is 24.2. The predicted octanol–water partition coefficient (Wildman–Crippen LogP) is 2.73. The van der Waals surface area contributed by atoms with Crippen LogP contribution in [0.2, 0.25) is 0 Å². The molecule has 9 heteroatoms.